The molecule has 2 aromatic carbocycles. The van der Waals surface area contributed by atoms with Gasteiger partial charge in [-0.05, 0) is 48.2 Å². The molecule has 0 fully saturated rings. The second kappa shape index (κ2) is 9.43. The molecular formula is C22H23BrN2O2S. The molecule has 4 nitrogen and oxygen atoms in total. The highest BCUT2D eigenvalue weighted by molar-refractivity contribution is 9.10. The number of hydrogen-bond donors (Lipinski definition) is 1. The molecule has 6 heteroatoms. The summed E-state index contributed by atoms with van der Waals surface area (Å²) in [6, 6.07) is 15.5. The molecule has 0 atom stereocenters. The smallest absolute Gasteiger partial charge is 0.265 e. The summed E-state index contributed by atoms with van der Waals surface area (Å²) in [4.78, 5) is 28.7. The van der Waals surface area contributed by atoms with Gasteiger partial charge in [0.15, 0.2) is 0 Å². The molecule has 3 rings (SSSR count). The van der Waals surface area contributed by atoms with Gasteiger partial charge in [0.2, 0.25) is 5.91 Å². The Morgan fingerprint density at radius 3 is 2.75 bits per heavy atom. The Labute approximate surface area is 178 Å². The van der Waals surface area contributed by atoms with Gasteiger partial charge < -0.3 is 5.32 Å². The maximum Gasteiger partial charge on any atom is 0.265 e. The van der Waals surface area contributed by atoms with E-state index < -0.39 is 0 Å². The van der Waals surface area contributed by atoms with Crippen LogP contribution in [0.25, 0.3) is 6.08 Å². The molecule has 1 aliphatic heterocycles. The van der Waals surface area contributed by atoms with Gasteiger partial charge in [-0.3, -0.25) is 14.5 Å². The van der Waals surface area contributed by atoms with E-state index in [0.29, 0.717) is 17.4 Å². The number of rotatable bonds is 6. The molecule has 146 valence electrons. The van der Waals surface area contributed by atoms with Gasteiger partial charge in [-0.25, -0.2) is 0 Å². The molecule has 0 unspecified atom stereocenters. The van der Waals surface area contributed by atoms with Crippen LogP contribution in [0.2, 0.25) is 0 Å². The van der Waals surface area contributed by atoms with Crippen LogP contribution in [0.1, 0.15) is 25.8 Å². The first-order chi connectivity index (χ1) is 13.4. The molecular weight excluding hydrogens is 436 g/mol. The lowest BCUT2D eigenvalue weighted by molar-refractivity contribution is -0.122. The lowest BCUT2D eigenvalue weighted by atomic mass is 10.1. The molecule has 2 amide bonds. The van der Waals surface area contributed by atoms with Crippen molar-refractivity contribution in [2.24, 2.45) is 5.92 Å². The number of hydrogen-bond acceptors (Lipinski definition) is 3. The number of nitrogens with zero attached hydrogens (tertiary/aromatic N) is 1. The van der Waals surface area contributed by atoms with E-state index in [0.717, 1.165) is 27.0 Å². The van der Waals surface area contributed by atoms with Crippen LogP contribution in [0.3, 0.4) is 0 Å². The lowest BCUT2D eigenvalue weighted by Gasteiger charge is -2.29. The van der Waals surface area contributed by atoms with Crippen LogP contribution in [0.4, 0.5) is 5.69 Å². The predicted molar refractivity (Wildman–Crippen MR) is 119 cm³/mol. The van der Waals surface area contributed by atoms with Crippen LogP contribution < -0.4 is 10.2 Å². The summed E-state index contributed by atoms with van der Waals surface area (Å²) in [6.45, 7) is 4.87. The van der Waals surface area contributed by atoms with Crippen LogP contribution >= 0.6 is 27.7 Å². The number of amides is 2. The highest BCUT2D eigenvalue weighted by Gasteiger charge is 2.30. The first-order valence-corrected chi connectivity index (χ1v) is 10.9. The number of fused-ring (bicyclic) bond motifs is 1. The fraction of sp³-hybridized carbons (Fsp3) is 0.273. The van der Waals surface area contributed by atoms with E-state index in [2.05, 4.69) is 35.1 Å². The first-order valence-electron chi connectivity index (χ1n) is 9.27. The predicted octanol–water partition coefficient (Wildman–Crippen LogP) is 5.09. The topological polar surface area (TPSA) is 49.4 Å². The molecule has 28 heavy (non-hydrogen) atoms. The number of carbonyl (C=O) groups is 2. The Morgan fingerprint density at radius 2 is 2.00 bits per heavy atom. The van der Waals surface area contributed by atoms with Crippen molar-refractivity contribution in [1.82, 2.24) is 5.32 Å². The highest BCUT2D eigenvalue weighted by Crippen LogP contribution is 2.41. The van der Waals surface area contributed by atoms with Gasteiger partial charge >= 0.3 is 0 Å². The summed E-state index contributed by atoms with van der Waals surface area (Å²) in [6.07, 6.45) is 2.79. The van der Waals surface area contributed by atoms with Crippen molar-refractivity contribution in [2.45, 2.75) is 25.2 Å². The third-order valence-electron chi connectivity index (χ3n) is 4.32. The molecule has 2 aromatic rings. The average Bonchev–Trinajstić information content (AvgIpc) is 2.65. The zero-order valence-corrected chi connectivity index (χ0v) is 18.3. The third-order valence-corrected chi connectivity index (χ3v) is 5.89. The molecule has 1 heterocycles. The van der Waals surface area contributed by atoms with E-state index in [-0.39, 0.29) is 18.4 Å². The van der Waals surface area contributed by atoms with Gasteiger partial charge in [0.05, 0.1) is 10.6 Å². The Kier molecular flexibility index (Phi) is 6.97. The summed E-state index contributed by atoms with van der Waals surface area (Å²) in [5, 5.41) is 2.92. The number of benzene rings is 2. The largest absolute Gasteiger partial charge is 0.355 e. The molecule has 1 N–H and O–H groups in total. The minimum absolute atomic E-state index is 0.0182. The molecule has 0 aromatic heterocycles. The van der Waals surface area contributed by atoms with Gasteiger partial charge in [0.1, 0.15) is 6.54 Å². The number of carbonyl (C=O) groups excluding carboxylic acids is 2. The third kappa shape index (κ3) is 5.26. The van der Waals surface area contributed by atoms with Gasteiger partial charge in [-0.1, -0.05) is 65.8 Å². The Morgan fingerprint density at radius 1 is 1.21 bits per heavy atom. The number of halogens is 1. The van der Waals surface area contributed by atoms with Crippen molar-refractivity contribution in [3.05, 3.63) is 63.5 Å². The minimum atomic E-state index is -0.150. The fourth-order valence-electron chi connectivity index (χ4n) is 2.87. The molecule has 0 spiro atoms. The van der Waals surface area contributed by atoms with Crippen LogP contribution in [0.5, 0.6) is 0 Å². The Hall–Kier alpha value is -2.05. The summed E-state index contributed by atoms with van der Waals surface area (Å²) in [7, 11) is 0. The monoisotopic (exact) mass is 458 g/mol. The van der Waals surface area contributed by atoms with Gasteiger partial charge in [0, 0.05) is 15.9 Å². The van der Waals surface area contributed by atoms with E-state index in [1.165, 1.54) is 11.8 Å². The summed E-state index contributed by atoms with van der Waals surface area (Å²) in [5.41, 5.74) is 1.72. The van der Waals surface area contributed by atoms with Crippen molar-refractivity contribution in [2.75, 3.05) is 18.0 Å². The van der Waals surface area contributed by atoms with E-state index in [1.807, 2.05) is 54.6 Å². The molecule has 0 bridgehead atoms. The standard InChI is InChI=1S/C22H23BrN2O2S/c1-15(2)10-11-24-21(26)14-25-18-8-3-4-9-19(18)28-20(22(25)27)13-16-6-5-7-17(23)12-16/h3-9,12-13,15H,10-11,14H2,1-2H3,(H,24,26). The second-order valence-corrected chi connectivity index (χ2v) is 9.06. The Balaban J connectivity index is 1.84. The lowest BCUT2D eigenvalue weighted by Crippen LogP contribution is -2.43. The summed E-state index contributed by atoms with van der Waals surface area (Å²) >= 11 is 4.90. The van der Waals surface area contributed by atoms with Gasteiger partial charge in [-0.2, -0.15) is 0 Å². The molecule has 0 aliphatic carbocycles. The zero-order valence-electron chi connectivity index (χ0n) is 15.9. The second-order valence-electron chi connectivity index (χ2n) is 7.06. The quantitative estimate of drug-likeness (QED) is 0.613. The van der Waals surface area contributed by atoms with Crippen LogP contribution in [-0.4, -0.2) is 24.9 Å². The Bertz CT molecular complexity index is 911. The van der Waals surface area contributed by atoms with E-state index in [1.54, 1.807) is 4.90 Å². The van der Waals surface area contributed by atoms with Crippen molar-refractivity contribution in [1.29, 1.82) is 0 Å². The number of anilines is 1. The fourth-order valence-corrected chi connectivity index (χ4v) is 4.34. The summed E-state index contributed by atoms with van der Waals surface area (Å²) in [5.74, 6) is 0.231. The van der Waals surface area contributed by atoms with Gasteiger partial charge in [0.25, 0.3) is 5.91 Å². The van der Waals surface area contributed by atoms with E-state index >= 15 is 0 Å². The molecule has 0 saturated carbocycles. The average molecular weight is 459 g/mol. The number of para-hydroxylation sites is 1. The molecule has 0 radical (unpaired) electrons. The molecule has 1 aliphatic rings. The normalized spacial score (nSPS) is 15.1. The van der Waals surface area contributed by atoms with E-state index in [9.17, 15) is 9.59 Å². The highest BCUT2D eigenvalue weighted by atomic mass is 79.9. The van der Waals surface area contributed by atoms with Crippen molar-refractivity contribution in [3.63, 3.8) is 0 Å². The van der Waals surface area contributed by atoms with Crippen LogP contribution in [0, 0.1) is 5.92 Å². The zero-order chi connectivity index (χ0) is 20.1. The first kappa shape index (κ1) is 20.7. The molecule has 0 saturated heterocycles. The van der Waals surface area contributed by atoms with Crippen molar-refractivity contribution in [3.8, 4) is 0 Å². The minimum Gasteiger partial charge on any atom is -0.355 e. The van der Waals surface area contributed by atoms with E-state index in [4.69, 9.17) is 0 Å². The van der Waals surface area contributed by atoms with Crippen molar-refractivity contribution < 1.29 is 9.59 Å². The number of thioether (sulfide) groups is 1. The van der Waals surface area contributed by atoms with Gasteiger partial charge in [-0.15, -0.1) is 0 Å². The van der Waals surface area contributed by atoms with Crippen LogP contribution in [-0.2, 0) is 9.59 Å². The SMILES string of the molecule is CC(C)CCNC(=O)CN1C(=O)C(=Cc2cccc(Br)c2)Sc2ccccc21. The maximum atomic E-state index is 13.1. The maximum absolute atomic E-state index is 13.1. The van der Waals surface area contributed by atoms with Crippen LogP contribution in [0.15, 0.2) is 62.8 Å². The van der Waals surface area contributed by atoms with Crippen molar-refractivity contribution >= 4 is 51.3 Å². The summed E-state index contributed by atoms with van der Waals surface area (Å²) < 4.78 is 0.955. The number of nitrogens with one attached hydrogen (secondary N) is 1.